The van der Waals surface area contributed by atoms with Crippen molar-refractivity contribution in [1.29, 1.82) is 0 Å². The fourth-order valence-electron chi connectivity index (χ4n) is 9.74. The van der Waals surface area contributed by atoms with Crippen LogP contribution in [0.25, 0.3) is 42.4 Å². The molecule has 0 radical (unpaired) electrons. The first-order valence-corrected chi connectivity index (χ1v) is 24.4. The Kier molecular flexibility index (Phi) is 12.3. The van der Waals surface area contributed by atoms with Gasteiger partial charge in [-0.25, -0.2) is 8.42 Å². The van der Waals surface area contributed by atoms with E-state index in [0.717, 1.165) is 59.1 Å². The summed E-state index contributed by atoms with van der Waals surface area (Å²) in [5.74, 6) is 15.1. The van der Waals surface area contributed by atoms with Gasteiger partial charge in [0.05, 0.1) is 4.90 Å². The van der Waals surface area contributed by atoms with E-state index in [4.69, 9.17) is 9.47 Å². The molecule has 0 unspecified atom stereocenters. The molecule has 0 saturated carbocycles. The van der Waals surface area contributed by atoms with Crippen molar-refractivity contribution in [3.63, 3.8) is 0 Å². The van der Waals surface area contributed by atoms with Crippen LogP contribution >= 0.6 is 11.3 Å². The number of benzene rings is 5. The van der Waals surface area contributed by atoms with Crippen molar-refractivity contribution in [2.24, 2.45) is 21.7 Å². The van der Waals surface area contributed by atoms with Gasteiger partial charge in [-0.1, -0.05) is 164 Å². The summed E-state index contributed by atoms with van der Waals surface area (Å²) in [7, 11) is -3.81. The number of fused-ring (bicyclic) bond motifs is 4. The number of rotatable bonds is 6. The Hall–Kier alpha value is -4.17. The van der Waals surface area contributed by atoms with E-state index in [1.54, 1.807) is 12.1 Å². The molecule has 62 heavy (non-hydrogen) atoms. The minimum atomic E-state index is -3.81. The highest BCUT2D eigenvalue weighted by molar-refractivity contribution is 7.93. The summed E-state index contributed by atoms with van der Waals surface area (Å²) >= 11 is 1.30. The van der Waals surface area contributed by atoms with Gasteiger partial charge in [0.1, 0.15) is 15.4 Å². The minimum absolute atomic E-state index is 0.0964. The van der Waals surface area contributed by atoms with Crippen molar-refractivity contribution >= 4 is 63.6 Å². The highest BCUT2D eigenvalue weighted by atomic mass is 32.2. The van der Waals surface area contributed by atoms with Crippen LogP contribution in [0, 0.1) is 45.3 Å². The van der Waals surface area contributed by atoms with Crippen LogP contribution in [0.1, 0.15) is 134 Å². The third-order valence-electron chi connectivity index (χ3n) is 12.6. The number of hydrogen-bond donors (Lipinski definition) is 0. The second-order valence-corrected chi connectivity index (χ2v) is 25.3. The normalized spacial score (nSPS) is 13.7. The van der Waals surface area contributed by atoms with E-state index >= 15 is 0 Å². The molecule has 0 aliphatic heterocycles. The predicted octanol–water partition coefficient (Wildman–Crippen LogP) is 14.9. The molecule has 6 rings (SSSR count). The molecule has 0 saturated heterocycles. The summed E-state index contributed by atoms with van der Waals surface area (Å²) < 4.78 is 43.4. The lowest BCUT2D eigenvalue weighted by molar-refractivity contribution is -0.135. The first-order chi connectivity index (χ1) is 28.5. The van der Waals surface area contributed by atoms with E-state index in [-0.39, 0.29) is 32.0 Å². The van der Waals surface area contributed by atoms with Crippen molar-refractivity contribution in [1.82, 2.24) is 0 Å². The van der Waals surface area contributed by atoms with Crippen molar-refractivity contribution in [3.05, 3.63) is 95.6 Å². The maximum absolute atomic E-state index is 14.4. The average molecular weight is 869 g/mol. The van der Waals surface area contributed by atoms with E-state index in [2.05, 4.69) is 176 Å². The Balaban J connectivity index is 1.81. The first-order valence-electron chi connectivity index (χ1n) is 22.1. The van der Waals surface area contributed by atoms with Gasteiger partial charge in [0.25, 0.3) is 0 Å². The molecule has 0 spiro atoms. The maximum atomic E-state index is 14.4. The molecular weight excluding hydrogens is 801 g/mol. The van der Waals surface area contributed by atoms with E-state index in [1.165, 1.54) is 11.3 Å². The molecule has 0 N–H and O–H groups in total. The van der Waals surface area contributed by atoms with Gasteiger partial charge in [-0.15, -0.1) is 11.3 Å². The molecule has 6 heteroatoms. The second kappa shape index (κ2) is 16.1. The third kappa shape index (κ3) is 8.23. The zero-order valence-electron chi connectivity index (χ0n) is 40.4. The van der Waals surface area contributed by atoms with Gasteiger partial charge in [0, 0.05) is 56.1 Å². The molecule has 0 atom stereocenters. The van der Waals surface area contributed by atoms with Crippen LogP contribution < -0.4 is 0 Å². The Morgan fingerprint density at radius 1 is 0.516 bits per heavy atom. The molecule has 0 amide bonds. The predicted molar refractivity (Wildman–Crippen MR) is 265 cm³/mol. The van der Waals surface area contributed by atoms with Crippen LogP contribution in [0.2, 0.25) is 0 Å². The quantitative estimate of drug-likeness (QED) is 0.124. The van der Waals surface area contributed by atoms with Crippen molar-refractivity contribution in [3.8, 4) is 23.7 Å². The van der Waals surface area contributed by atoms with Crippen LogP contribution in [0.5, 0.6) is 0 Å². The molecule has 328 valence electrons. The Bertz CT molecular complexity index is 2720. The number of ether oxygens (including phenoxy) is 2. The highest BCUT2D eigenvalue weighted by Gasteiger charge is 2.52. The smallest absolute Gasteiger partial charge is 0.215 e. The average Bonchev–Trinajstić information content (AvgIpc) is 3.58. The number of hydrogen-bond acceptors (Lipinski definition) is 5. The zero-order valence-corrected chi connectivity index (χ0v) is 42.0. The molecule has 0 aliphatic carbocycles. The van der Waals surface area contributed by atoms with Crippen LogP contribution in [0.3, 0.4) is 0 Å². The van der Waals surface area contributed by atoms with Crippen molar-refractivity contribution in [2.75, 3.05) is 13.2 Å². The molecular formula is C56H68O4S2. The molecule has 0 fully saturated rings. The van der Waals surface area contributed by atoms with E-state index in [9.17, 15) is 8.42 Å². The molecule has 1 heterocycles. The molecule has 1 aromatic heterocycles. The van der Waals surface area contributed by atoms with Gasteiger partial charge in [-0.3, -0.25) is 0 Å². The lowest BCUT2D eigenvalue weighted by Gasteiger charge is -2.49. The van der Waals surface area contributed by atoms with Gasteiger partial charge >= 0.3 is 0 Å². The number of thiophene rings is 1. The van der Waals surface area contributed by atoms with Gasteiger partial charge in [-0.2, -0.15) is 0 Å². The fraction of sp³-hybridized carbons (Fsp3) is 0.464. The molecule has 6 aromatic rings. The van der Waals surface area contributed by atoms with Crippen LogP contribution in [0.4, 0.5) is 0 Å². The summed E-state index contributed by atoms with van der Waals surface area (Å²) in [4.78, 5) is 0.283. The van der Waals surface area contributed by atoms with Gasteiger partial charge in [0.15, 0.2) is 0 Å². The summed E-state index contributed by atoms with van der Waals surface area (Å²) in [5, 5.41) is 6.83. The topological polar surface area (TPSA) is 52.6 Å². The summed E-state index contributed by atoms with van der Waals surface area (Å²) in [6.07, 6.45) is 0. The number of sulfone groups is 1. The van der Waals surface area contributed by atoms with Crippen LogP contribution in [-0.2, 0) is 24.7 Å². The van der Waals surface area contributed by atoms with Crippen molar-refractivity contribution < 1.29 is 17.9 Å². The zero-order chi connectivity index (χ0) is 46.1. The van der Waals surface area contributed by atoms with Gasteiger partial charge in [0.2, 0.25) is 9.84 Å². The van der Waals surface area contributed by atoms with E-state index in [1.807, 2.05) is 32.0 Å². The summed E-state index contributed by atoms with van der Waals surface area (Å²) in [5.41, 5.74) is -0.257. The SMILES string of the molecule is CCOC(C#Cc1c2cc3ccccc3cc2c(C#CC(OCC)(C(C)(C)C)C(C)(C)C)c2cc3sc(S(=O)(=O)c4ccc(C(C)(C)C)cc4)cc3cc12)(C(C)(C)C)C(C)(C)C. The van der Waals surface area contributed by atoms with E-state index in [0.29, 0.717) is 17.4 Å². The minimum Gasteiger partial charge on any atom is -0.362 e. The first kappa shape index (κ1) is 47.3. The van der Waals surface area contributed by atoms with Gasteiger partial charge in [-0.05, 0) is 99.6 Å². The van der Waals surface area contributed by atoms with Crippen molar-refractivity contribution in [2.45, 2.75) is 143 Å². The van der Waals surface area contributed by atoms with Crippen LogP contribution in [-0.4, -0.2) is 32.8 Å². The van der Waals surface area contributed by atoms with Crippen LogP contribution in [0.15, 0.2) is 88.0 Å². The third-order valence-corrected chi connectivity index (χ3v) is 15.9. The lowest BCUT2D eigenvalue weighted by Crippen LogP contribution is -2.54. The highest BCUT2D eigenvalue weighted by Crippen LogP contribution is 2.49. The summed E-state index contributed by atoms with van der Waals surface area (Å²) in [6.45, 7) is 37.9. The van der Waals surface area contributed by atoms with Gasteiger partial charge < -0.3 is 9.47 Å². The second-order valence-electron chi connectivity index (χ2n) is 22.0. The fourth-order valence-corrected chi connectivity index (χ4v) is 12.6. The largest absolute Gasteiger partial charge is 0.362 e. The lowest BCUT2D eigenvalue weighted by atomic mass is 9.62. The Morgan fingerprint density at radius 3 is 1.27 bits per heavy atom. The maximum Gasteiger partial charge on any atom is 0.215 e. The standard InChI is InChI=1S/C56H68O4S2/c1-18-59-55(51(6,7)8,52(9,10)11)30-28-42-44-32-37-22-20-21-23-38(37)33-45(44)43(29-31-56(60-19-2,53(12,13)14)54(15,16)17)47-36-48-39(34-46(42)47)35-49(61-48)62(57,58)41-26-24-40(25-27-41)50(3,4)5/h20-27,32-36H,18-19H2,1-17H3. The molecule has 4 nitrogen and oxygen atoms in total. The summed E-state index contributed by atoms with van der Waals surface area (Å²) in [6, 6.07) is 26.3. The molecule has 0 aliphatic rings. The Labute approximate surface area is 377 Å². The Morgan fingerprint density at radius 2 is 0.903 bits per heavy atom. The van der Waals surface area contributed by atoms with E-state index < -0.39 is 21.0 Å². The molecule has 0 bridgehead atoms. The monoisotopic (exact) mass is 868 g/mol. The molecule has 5 aromatic carbocycles.